The summed E-state index contributed by atoms with van der Waals surface area (Å²) >= 11 is 0. The van der Waals surface area contributed by atoms with E-state index in [4.69, 9.17) is 5.11 Å². The Morgan fingerprint density at radius 1 is 1.42 bits per heavy atom. The first kappa shape index (κ1) is 14.0. The summed E-state index contributed by atoms with van der Waals surface area (Å²) in [5, 5.41) is 8.76. The Hall–Kier alpha value is -1.45. The summed E-state index contributed by atoms with van der Waals surface area (Å²) in [6, 6.07) is 0. The van der Waals surface area contributed by atoms with E-state index in [1.807, 2.05) is 0 Å². The van der Waals surface area contributed by atoms with Gasteiger partial charge in [0.15, 0.2) is 0 Å². The van der Waals surface area contributed by atoms with E-state index in [2.05, 4.69) is 4.18 Å². The van der Waals surface area contributed by atoms with Crippen LogP contribution in [-0.4, -0.2) is 43.1 Å². The maximum Gasteiger partial charge on any atom is 0.534 e. The zero-order valence-corrected chi connectivity index (χ0v) is 10.2. The number of allylic oxidation sites excluding steroid dienone is 1. The highest BCUT2D eigenvalue weighted by atomic mass is 32.2. The molecule has 10 heteroatoms. The Kier molecular flexibility index (Phi) is 3.15. The molecule has 0 bridgehead atoms. The predicted octanol–water partition coefficient (Wildman–Crippen LogP) is 1.37. The minimum atomic E-state index is -5.64. The van der Waals surface area contributed by atoms with Crippen molar-refractivity contribution in [2.45, 2.75) is 11.9 Å². The molecule has 0 aromatic heterocycles. The third-order valence-electron chi connectivity index (χ3n) is 3.13. The van der Waals surface area contributed by atoms with Crippen molar-refractivity contribution in [3.63, 3.8) is 0 Å². The number of alkyl halides is 3. The summed E-state index contributed by atoms with van der Waals surface area (Å²) in [6.07, 6.45) is 0.147. The quantitative estimate of drug-likeness (QED) is 0.615. The first-order valence-corrected chi connectivity index (χ1v) is 6.70. The molecule has 1 aliphatic heterocycles. The van der Waals surface area contributed by atoms with Crippen LogP contribution in [0.3, 0.4) is 0 Å². The van der Waals surface area contributed by atoms with Crippen LogP contribution in [-0.2, 0) is 14.3 Å². The van der Waals surface area contributed by atoms with Gasteiger partial charge in [-0.2, -0.15) is 21.6 Å². The lowest BCUT2D eigenvalue weighted by molar-refractivity contribution is -0.0523. The van der Waals surface area contributed by atoms with Gasteiger partial charge in [0.2, 0.25) is 0 Å². The van der Waals surface area contributed by atoms with Crippen LogP contribution in [0.25, 0.3) is 0 Å². The predicted molar refractivity (Wildman–Crippen MR) is 55.3 cm³/mol. The molecule has 0 saturated carbocycles. The molecular weight excluding hydrogens is 291 g/mol. The highest BCUT2D eigenvalue weighted by molar-refractivity contribution is 7.87. The van der Waals surface area contributed by atoms with Gasteiger partial charge in [0, 0.05) is 25.4 Å². The second-order valence-electron chi connectivity index (χ2n) is 4.43. The smallest absolute Gasteiger partial charge is 0.465 e. The van der Waals surface area contributed by atoms with Gasteiger partial charge in [-0.1, -0.05) is 0 Å². The molecule has 2 rings (SSSR count). The maximum atomic E-state index is 12.1. The summed E-state index contributed by atoms with van der Waals surface area (Å²) in [4.78, 5) is 11.8. The molecule has 6 nitrogen and oxygen atoms in total. The van der Waals surface area contributed by atoms with E-state index >= 15 is 0 Å². The molecule has 0 spiro atoms. The Bertz CT molecular complexity index is 526. The monoisotopic (exact) mass is 301 g/mol. The SMILES string of the molecule is O=C(O)N1CC2C=C(OS(=O)(=O)C(F)(F)F)CC2C1. The van der Waals surface area contributed by atoms with Crippen LogP contribution >= 0.6 is 0 Å². The van der Waals surface area contributed by atoms with Gasteiger partial charge in [0.05, 0.1) is 0 Å². The maximum absolute atomic E-state index is 12.1. The molecule has 1 N–H and O–H groups in total. The summed E-state index contributed by atoms with van der Waals surface area (Å²) in [6.45, 7) is 0.300. The topological polar surface area (TPSA) is 83.9 Å². The lowest BCUT2D eigenvalue weighted by Gasteiger charge is -2.13. The average molecular weight is 301 g/mol. The summed E-state index contributed by atoms with van der Waals surface area (Å²) in [5.74, 6) is -0.790. The van der Waals surface area contributed by atoms with Crippen LogP contribution in [0, 0.1) is 11.8 Å². The second-order valence-corrected chi connectivity index (χ2v) is 5.97. The molecule has 1 aliphatic carbocycles. The molecule has 0 aromatic carbocycles. The number of hydrogen-bond acceptors (Lipinski definition) is 4. The summed E-state index contributed by atoms with van der Waals surface area (Å²) in [7, 11) is -5.64. The first-order valence-electron chi connectivity index (χ1n) is 5.29. The Labute approximate surface area is 106 Å². The zero-order valence-electron chi connectivity index (χ0n) is 9.42. The highest BCUT2D eigenvalue weighted by Gasteiger charge is 2.50. The number of carboxylic acid groups (broad SMARTS) is 1. The van der Waals surface area contributed by atoms with Gasteiger partial charge in [-0.15, -0.1) is 0 Å². The van der Waals surface area contributed by atoms with Gasteiger partial charge in [0.1, 0.15) is 5.76 Å². The van der Waals surface area contributed by atoms with Gasteiger partial charge in [-0.25, -0.2) is 4.79 Å². The van der Waals surface area contributed by atoms with Gasteiger partial charge in [0.25, 0.3) is 0 Å². The van der Waals surface area contributed by atoms with Crippen LogP contribution in [0.4, 0.5) is 18.0 Å². The van der Waals surface area contributed by atoms with Crippen LogP contribution in [0.2, 0.25) is 0 Å². The van der Waals surface area contributed by atoms with Crippen molar-refractivity contribution in [2.75, 3.05) is 13.1 Å². The minimum Gasteiger partial charge on any atom is -0.465 e. The molecule has 1 fully saturated rings. The number of nitrogens with zero attached hydrogens (tertiary/aromatic N) is 1. The Balaban J connectivity index is 2.04. The third-order valence-corrected chi connectivity index (χ3v) is 4.13. The molecule has 0 radical (unpaired) electrons. The fourth-order valence-corrected chi connectivity index (χ4v) is 2.77. The van der Waals surface area contributed by atoms with Crippen molar-refractivity contribution in [1.82, 2.24) is 4.90 Å². The molecule has 19 heavy (non-hydrogen) atoms. The lowest BCUT2D eigenvalue weighted by atomic mass is 10.0. The van der Waals surface area contributed by atoms with Crippen molar-refractivity contribution < 1.29 is 35.7 Å². The molecule has 1 amide bonds. The number of rotatable bonds is 2. The highest BCUT2D eigenvalue weighted by Crippen LogP contribution is 2.39. The summed E-state index contributed by atoms with van der Waals surface area (Å²) in [5.41, 5.74) is -5.46. The molecule has 2 aliphatic rings. The van der Waals surface area contributed by atoms with E-state index in [0.29, 0.717) is 0 Å². The van der Waals surface area contributed by atoms with Crippen molar-refractivity contribution in [2.24, 2.45) is 11.8 Å². The van der Waals surface area contributed by atoms with E-state index < -0.39 is 21.7 Å². The molecule has 1 saturated heterocycles. The molecule has 2 unspecified atom stereocenters. The number of halogens is 3. The van der Waals surface area contributed by atoms with Gasteiger partial charge in [-0.05, 0) is 12.0 Å². The second kappa shape index (κ2) is 4.29. The minimum absolute atomic E-state index is 0.0102. The van der Waals surface area contributed by atoms with Crippen LogP contribution in [0.5, 0.6) is 0 Å². The number of hydrogen-bond donors (Lipinski definition) is 1. The van der Waals surface area contributed by atoms with Crippen LogP contribution in [0.15, 0.2) is 11.8 Å². The van der Waals surface area contributed by atoms with E-state index in [-0.39, 0.29) is 37.1 Å². The number of likely N-dealkylation sites (tertiary alicyclic amines) is 1. The molecular formula is C9H10F3NO5S. The Morgan fingerprint density at radius 3 is 2.53 bits per heavy atom. The van der Waals surface area contributed by atoms with Crippen molar-refractivity contribution in [3.05, 3.63) is 11.8 Å². The van der Waals surface area contributed by atoms with E-state index in [1.165, 1.54) is 6.08 Å². The van der Waals surface area contributed by atoms with Gasteiger partial charge >= 0.3 is 21.7 Å². The van der Waals surface area contributed by atoms with Crippen molar-refractivity contribution >= 4 is 16.2 Å². The number of amides is 1. The largest absolute Gasteiger partial charge is 0.534 e. The number of carbonyl (C=O) groups is 1. The standard InChI is InChI=1S/C9H10F3NO5S/c10-9(11,12)19(16,17)18-7-1-5-3-13(8(14)15)4-6(5)2-7/h1,5-6H,2-4H2,(H,14,15). The van der Waals surface area contributed by atoms with E-state index in [9.17, 15) is 26.4 Å². The molecule has 2 atom stereocenters. The fourth-order valence-electron chi connectivity index (χ4n) is 2.27. The third kappa shape index (κ3) is 2.62. The van der Waals surface area contributed by atoms with Crippen LogP contribution < -0.4 is 0 Å². The zero-order chi connectivity index (χ0) is 14.4. The fraction of sp³-hybridized carbons (Fsp3) is 0.667. The number of fused-ring (bicyclic) bond motifs is 1. The first-order chi connectivity index (χ1) is 8.60. The molecule has 108 valence electrons. The lowest BCUT2D eigenvalue weighted by Crippen LogP contribution is -2.28. The van der Waals surface area contributed by atoms with E-state index in [0.717, 1.165) is 4.90 Å². The van der Waals surface area contributed by atoms with Gasteiger partial charge < -0.3 is 14.2 Å². The van der Waals surface area contributed by atoms with Crippen molar-refractivity contribution in [3.8, 4) is 0 Å². The normalized spacial score (nSPS) is 27.1. The molecule has 1 heterocycles. The van der Waals surface area contributed by atoms with Gasteiger partial charge in [-0.3, -0.25) is 0 Å². The van der Waals surface area contributed by atoms with E-state index in [1.54, 1.807) is 0 Å². The molecule has 0 aromatic rings. The summed E-state index contributed by atoms with van der Waals surface area (Å²) < 4.78 is 62.0. The van der Waals surface area contributed by atoms with Crippen molar-refractivity contribution in [1.29, 1.82) is 0 Å². The van der Waals surface area contributed by atoms with Crippen LogP contribution in [0.1, 0.15) is 6.42 Å². The Morgan fingerprint density at radius 2 is 2.05 bits per heavy atom. The average Bonchev–Trinajstić information content (AvgIpc) is 2.71.